The lowest BCUT2D eigenvalue weighted by Gasteiger charge is -2.24. The maximum absolute atomic E-state index is 13.6. The van der Waals surface area contributed by atoms with E-state index in [1.165, 1.54) is 29.0 Å². The molecule has 0 amide bonds. The number of aryl methyl sites for hydroxylation is 2. The van der Waals surface area contributed by atoms with E-state index in [0.29, 0.717) is 23.5 Å². The summed E-state index contributed by atoms with van der Waals surface area (Å²) in [5.74, 6) is -1.78. The molecule has 1 aromatic heterocycles. The Bertz CT molecular complexity index is 1030. The van der Waals surface area contributed by atoms with Crippen LogP contribution in [0.5, 0.6) is 0 Å². The normalized spacial score (nSPS) is 13.0. The van der Waals surface area contributed by atoms with E-state index < -0.39 is 29.7 Å². The number of nitrogens with one attached hydrogen (secondary N) is 1. The summed E-state index contributed by atoms with van der Waals surface area (Å²) < 4.78 is 32.9. The van der Waals surface area contributed by atoms with Gasteiger partial charge in [-0.25, -0.2) is 13.6 Å². The third-order valence-corrected chi connectivity index (χ3v) is 6.13. The maximum atomic E-state index is 13.6. The minimum absolute atomic E-state index is 0.170. The highest BCUT2D eigenvalue weighted by molar-refractivity contribution is 7.13. The van der Waals surface area contributed by atoms with Crippen LogP contribution in [0.2, 0.25) is 0 Å². The van der Waals surface area contributed by atoms with E-state index in [4.69, 9.17) is 10.5 Å². The molecule has 3 rings (SSSR count). The zero-order valence-electron chi connectivity index (χ0n) is 18.2. The molecule has 32 heavy (non-hydrogen) atoms. The molecule has 0 aliphatic carbocycles. The molecule has 7 heteroatoms. The largest absolute Gasteiger partial charge is 0.455 e. The number of carbonyl (C=O) groups is 1. The van der Waals surface area contributed by atoms with E-state index in [0.717, 1.165) is 22.9 Å². The van der Waals surface area contributed by atoms with Crippen molar-refractivity contribution in [3.05, 3.63) is 92.7 Å². The summed E-state index contributed by atoms with van der Waals surface area (Å²) in [5, 5.41) is 3.30. The van der Waals surface area contributed by atoms with Crippen molar-refractivity contribution in [2.75, 3.05) is 6.54 Å². The number of ether oxygens (including phenoxy) is 1. The molecule has 4 nitrogen and oxygen atoms in total. The van der Waals surface area contributed by atoms with Crippen molar-refractivity contribution in [1.29, 1.82) is 0 Å². The van der Waals surface area contributed by atoms with Gasteiger partial charge in [0.25, 0.3) is 0 Å². The number of thiophene rings is 1. The minimum Gasteiger partial charge on any atom is -0.455 e. The van der Waals surface area contributed by atoms with E-state index >= 15 is 0 Å². The number of nitrogens with two attached hydrogens (primary N) is 1. The van der Waals surface area contributed by atoms with Gasteiger partial charge in [0.2, 0.25) is 0 Å². The summed E-state index contributed by atoms with van der Waals surface area (Å²) in [5.41, 5.74) is 9.12. The Morgan fingerprint density at radius 2 is 1.78 bits per heavy atom. The molecule has 0 saturated carbocycles. The molecule has 2 unspecified atom stereocenters. The van der Waals surface area contributed by atoms with E-state index in [-0.39, 0.29) is 6.42 Å². The van der Waals surface area contributed by atoms with Gasteiger partial charge in [-0.15, -0.1) is 11.3 Å². The van der Waals surface area contributed by atoms with Gasteiger partial charge >= 0.3 is 5.97 Å². The molecule has 0 spiro atoms. The number of halogens is 2. The Hall–Kier alpha value is -2.61. The number of benzene rings is 2. The van der Waals surface area contributed by atoms with Crippen LogP contribution in [0.1, 0.15) is 38.2 Å². The maximum Gasteiger partial charge on any atom is 0.348 e. The fourth-order valence-electron chi connectivity index (χ4n) is 3.47. The predicted molar refractivity (Wildman–Crippen MR) is 124 cm³/mol. The van der Waals surface area contributed by atoms with E-state index in [2.05, 4.69) is 24.4 Å². The zero-order chi connectivity index (χ0) is 23.1. The number of rotatable bonds is 10. The number of carbonyl (C=O) groups excluding carboxylic acids is 1. The standard InChI is InChI=1S/C25H28F2N2O2S/c1-3-17-5-4-6-18(9-17)14-29-15-23(31-25(30)24-8-7-16(2)32-24)22(28)12-19-10-20(26)13-21(27)11-19/h4-11,13,22-23,29H,3,12,14-15,28H2,1-2H3. The Kier molecular flexibility index (Phi) is 8.50. The topological polar surface area (TPSA) is 64.3 Å². The molecule has 3 N–H and O–H groups in total. The highest BCUT2D eigenvalue weighted by atomic mass is 32.1. The summed E-state index contributed by atoms with van der Waals surface area (Å²) in [6.45, 7) is 4.91. The Balaban J connectivity index is 1.69. The van der Waals surface area contributed by atoms with Gasteiger partial charge in [0.15, 0.2) is 0 Å². The van der Waals surface area contributed by atoms with Gasteiger partial charge in [-0.05, 0) is 60.7 Å². The van der Waals surface area contributed by atoms with Gasteiger partial charge in [0.1, 0.15) is 22.6 Å². The smallest absolute Gasteiger partial charge is 0.348 e. The van der Waals surface area contributed by atoms with Crippen molar-refractivity contribution in [2.45, 2.75) is 45.4 Å². The average molecular weight is 459 g/mol. The second-order valence-corrected chi connectivity index (χ2v) is 9.09. The molecular formula is C25H28F2N2O2S. The fourth-order valence-corrected chi connectivity index (χ4v) is 4.22. The predicted octanol–water partition coefficient (Wildman–Crippen LogP) is 4.78. The van der Waals surface area contributed by atoms with Crippen LogP contribution in [-0.2, 0) is 24.1 Å². The van der Waals surface area contributed by atoms with E-state index in [1.54, 1.807) is 6.07 Å². The molecule has 0 bridgehead atoms. The average Bonchev–Trinajstić information content (AvgIpc) is 3.18. The van der Waals surface area contributed by atoms with Gasteiger partial charge in [0.05, 0.1) is 0 Å². The van der Waals surface area contributed by atoms with E-state index in [9.17, 15) is 13.6 Å². The third kappa shape index (κ3) is 6.95. The molecule has 2 aromatic carbocycles. The lowest BCUT2D eigenvalue weighted by molar-refractivity contribution is 0.0244. The lowest BCUT2D eigenvalue weighted by atomic mass is 10.0. The second kappa shape index (κ2) is 11.3. The summed E-state index contributed by atoms with van der Waals surface area (Å²) in [6.07, 6.45) is 0.442. The van der Waals surface area contributed by atoms with Crippen molar-refractivity contribution in [1.82, 2.24) is 5.32 Å². The quantitative estimate of drug-likeness (QED) is 0.429. The molecular weight excluding hydrogens is 430 g/mol. The molecule has 2 atom stereocenters. The van der Waals surface area contributed by atoms with Crippen LogP contribution in [0.25, 0.3) is 0 Å². The second-order valence-electron chi connectivity index (χ2n) is 7.80. The summed E-state index contributed by atoms with van der Waals surface area (Å²) >= 11 is 1.35. The monoisotopic (exact) mass is 458 g/mol. The first-order chi connectivity index (χ1) is 15.3. The molecule has 0 aliphatic heterocycles. The first-order valence-corrected chi connectivity index (χ1v) is 11.4. The van der Waals surface area contributed by atoms with Crippen LogP contribution in [0, 0.1) is 18.6 Å². The molecule has 170 valence electrons. The van der Waals surface area contributed by atoms with Crippen molar-refractivity contribution >= 4 is 17.3 Å². The van der Waals surface area contributed by atoms with Crippen molar-refractivity contribution < 1.29 is 18.3 Å². The zero-order valence-corrected chi connectivity index (χ0v) is 19.1. The van der Waals surface area contributed by atoms with Crippen LogP contribution >= 0.6 is 11.3 Å². The third-order valence-electron chi connectivity index (χ3n) is 5.15. The first kappa shape index (κ1) is 24.0. The molecule has 0 saturated heterocycles. The number of esters is 1. The van der Waals surface area contributed by atoms with Gasteiger partial charge in [0, 0.05) is 30.1 Å². The molecule has 0 radical (unpaired) electrons. The number of hydrogen-bond acceptors (Lipinski definition) is 5. The van der Waals surface area contributed by atoms with Crippen molar-refractivity contribution in [3.8, 4) is 0 Å². The van der Waals surface area contributed by atoms with Gasteiger partial charge in [-0.1, -0.05) is 31.2 Å². The van der Waals surface area contributed by atoms with Crippen LogP contribution in [0.3, 0.4) is 0 Å². The SMILES string of the molecule is CCc1cccc(CNCC(OC(=O)c2ccc(C)s2)C(N)Cc2cc(F)cc(F)c2)c1. The van der Waals surface area contributed by atoms with E-state index in [1.807, 2.05) is 25.1 Å². The molecule has 1 heterocycles. The van der Waals surface area contributed by atoms with Crippen LogP contribution < -0.4 is 11.1 Å². The Labute approximate surface area is 191 Å². The van der Waals surface area contributed by atoms with Crippen LogP contribution in [0.15, 0.2) is 54.6 Å². The molecule has 0 aliphatic rings. The minimum atomic E-state index is -0.675. The fraction of sp³-hybridized carbons (Fsp3) is 0.320. The highest BCUT2D eigenvalue weighted by Gasteiger charge is 2.24. The molecule has 0 fully saturated rings. The van der Waals surface area contributed by atoms with Gasteiger partial charge in [-0.3, -0.25) is 0 Å². The van der Waals surface area contributed by atoms with Crippen molar-refractivity contribution in [2.24, 2.45) is 5.73 Å². The van der Waals surface area contributed by atoms with Gasteiger partial charge < -0.3 is 15.8 Å². The first-order valence-electron chi connectivity index (χ1n) is 10.6. The summed E-state index contributed by atoms with van der Waals surface area (Å²) in [7, 11) is 0. The van der Waals surface area contributed by atoms with Gasteiger partial charge in [-0.2, -0.15) is 0 Å². The lowest BCUT2D eigenvalue weighted by Crippen LogP contribution is -2.45. The number of hydrogen-bond donors (Lipinski definition) is 2. The Morgan fingerprint density at radius 1 is 1.06 bits per heavy atom. The summed E-state index contributed by atoms with van der Waals surface area (Å²) in [6, 6.07) is 14.5. The van der Waals surface area contributed by atoms with Crippen LogP contribution in [-0.4, -0.2) is 24.7 Å². The summed E-state index contributed by atoms with van der Waals surface area (Å²) in [4.78, 5) is 14.1. The molecule has 3 aromatic rings. The van der Waals surface area contributed by atoms with Crippen LogP contribution in [0.4, 0.5) is 8.78 Å². The van der Waals surface area contributed by atoms with Crippen molar-refractivity contribution in [3.63, 3.8) is 0 Å². The Morgan fingerprint density at radius 3 is 2.44 bits per heavy atom. The highest BCUT2D eigenvalue weighted by Crippen LogP contribution is 2.18.